The van der Waals surface area contributed by atoms with E-state index in [4.69, 9.17) is 0 Å². The molecule has 1 aliphatic rings. The molecule has 0 nitrogen and oxygen atoms in total. The predicted octanol–water partition coefficient (Wildman–Crippen LogP) is 3.86. The molecular weight excluding hydrogens is 132 g/mol. The zero-order valence-corrected chi connectivity index (χ0v) is 8.48. The first kappa shape index (κ1) is 9.09. The third kappa shape index (κ3) is 1.32. The van der Waals surface area contributed by atoms with Gasteiger partial charge in [-0.2, -0.15) is 0 Å². The van der Waals surface area contributed by atoms with Gasteiger partial charge in [0.15, 0.2) is 0 Å². The largest absolute Gasteiger partial charge is 0.0654 e. The molecular formula is C11H22. The first-order valence-electron chi connectivity index (χ1n) is 5.16. The summed E-state index contributed by atoms with van der Waals surface area (Å²) >= 11 is 0. The second-order valence-corrected chi connectivity index (χ2v) is 4.44. The molecule has 66 valence electrons. The topological polar surface area (TPSA) is 0 Å². The Morgan fingerprint density at radius 2 is 1.91 bits per heavy atom. The third-order valence-corrected chi connectivity index (χ3v) is 4.00. The molecule has 3 unspecified atom stereocenters. The van der Waals surface area contributed by atoms with E-state index in [1.807, 2.05) is 0 Å². The number of hydrogen-bond acceptors (Lipinski definition) is 0. The van der Waals surface area contributed by atoms with Crippen LogP contribution in [-0.4, -0.2) is 0 Å². The Kier molecular flexibility index (Phi) is 2.61. The van der Waals surface area contributed by atoms with Gasteiger partial charge in [-0.3, -0.25) is 0 Å². The molecule has 0 heterocycles. The van der Waals surface area contributed by atoms with Crippen molar-refractivity contribution < 1.29 is 0 Å². The summed E-state index contributed by atoms with van der Waals surface area (Å²) in [6.07, 6.45) is 5.70. The second kappa shape index (κ2) is 3.16. The molecule has 1 fully saturated rings. The molecule has 3 atom stereocenters. The summed E-state index contributed by atoms with van der Waals surface area (Å²) in [6, 6.07) is 0. The molecule has 0 heteroatoms. The summed E-state index contributed by atoms with van der Waals surface area (Å²) in [5.41, 5.74) is 0.744. The van der Waals surface area contributed by atoms with Crippen LogP contribution < -0.4 is 0 Å². The van der Waals surface area contributed by atoms with Crippen LogP contribution in [0.2, 0.25) is 0 Å². The summed E-state index contributed by atoms with van der Waals surface area (Å²) in [4.78, 5) is 0. The SMILES string of the molecule is CCCC1(CC)CC(C)C1C. The summed E-state index contributed by atoms with van der Waals surface area (Å²) < 4.78 is 0. The van der Waals surface area contributed by atoms with Crippen LogP contribution in [0, 0.1) is 17.3 Å². The second-order valence-electron chi connectivity index (χ2n) is 4.44. The molecule has 1 rings (SSSR count). The fraction of sp³-hybridized carbons (Fsp3) is 1.00. The molecule has 0 aliphatic heterocycles. The Balaban J connectivity index is 2.50. The van der Waals surface area contributed by atoms with Gasteiger partial charge in [0, 0.05) is 0 Å². The van der Waals surface area contributed by atoms with Gasteiger partial charge in [0.25, 0.3) is 0 Å². The van der Waals surface area contributed by atoms with E-state index in [-0.39, 0.29) is 0 Å². The highest BCUT2D eigenvalue weighted by molar-refractivity contribution is 4.96. The Bertz CT molecular complexity index is 124. The van der Waals surface area contributed by atoms with E-state index in [0.29, 0.717) is 0 Å². The summed E-state index contributed by atoms with van der Waals surface area (Å²) in [6.45, 7) is 9.51. The van der Waals surface area contributed by atoms with Crippen molar-refractivity contribution in [3.05, 3.63) is 0 Å². The Hall–Kier alpha value is 0. The zero-order valence-electron chi connectivity index (χ0n) is 8.48. The van der Waals surface area contributed by atoms with Crippen molar-refractivity contribution in [2.24, 2.45) is 17.3 Å². The average Bonchev–Trinajstić information content (AvgIpc) is 2.03. The van der Waals surface area contributed by atoms with Gasteiger partial charge in [-0.05, 0) is 30.1 Å². The molecule has 11 heavy (non-hydrogen) atoms. The van der Waals surface area contributed by atoms with Crippen LogP contribution in [0.25, 0.3) is 0 Å². The highest BCUT2D eigenvalue weighted by atomic mass is 14.5. The van der Waals surface area contributed by atoms with Crippen molar-refractivity contribution in [2.75, 3.05) is 0 Å². The minimum atomic E-state index is 0.744. The molecule has 0 bridgehead atoms. The fourth-order valence-corrected chi connectivity index (χ4v) is 2.92. The van der Waals surface area contributed by atoms with E-state index in [2.05, 4.69) is 27.7 Å². The quantitative estimate of drug-likeness (QED) is 0.579. The van der Waals surface area contributed by atoms with Gasteiger partial charge in [-0.15, -0.1) is 0 Å². The van der Waals surface area contributed by atoms with Gasteiger partial charge in [-0.1, -0.05) is 40.5 Å². The molecule has 0 radical (unpaired) electrons. The molecule has 0 aromatic carbocycles. The molecule has 1 saturated carbocycles. The lowest BCUT2D eigenvalue weighted by Gasteiger charge is -2.53. The van der Waals surface area contributed by atoms with Crippen molar-refractivity contribution in [1.82, 2.24) is 0 Å². The van der Waals surface area contributed by atoms with Crippen LogP contribution in [0.5, 0.6) is 0 Å². The molecule has 0 aromatic rings. The van der Waals surface area contributed by atoms with E-state index in [1.165, 1.54) is 25.7 Å². The van der Waals surface area contributed by atoms with E-state index in [0.717, 1.165) is 17.3 Å². The number of rotatable bonds is 3. The summed E-state index contributed by atoms with van der Waals surface area (Å²) in [5.74, 6) is 1.97. The monoisotopic (exact) mass is 154 g/mol. The third-order valence-electron chi connectivity index (χ3n) is 4.00. The maximum atomic E-state index is 2.44. The molecule has 0 N–H and O–H groups in total. The summed E-state index contributed by atoms with van der Waals surface area (Å²) in [7, 11) is 0. The van der Waals surface area contributed by atoms with E-state index in [9.17, 15) is 0 Å². The standard InChI is InChI=1S/C11H22/c1-5-7-11(6-2)8-9(3)10(11)4/h9-10H,5-8H2,1-4H3. The highest BCUT2D eigenvalue weighted by Crippen LogP contribution is 2.55. The van der Waals surface area contributed by atoms with Gasteiger partial charge in [0.2, 0.25) is 0 Å². The van der Waals surface area contributed by atoms with Crippen LogP contribution in [0.4, 0.5) is 0 Å². The maximum absolute atomic E-state index is 2.44. The van der Waals surface area contributed by atoms with Gasteiger partial charge in [-0.25, -0.2) is 0 Å². The van der Waals surface area contributed by atoms with Crippen LogP contribution in [0.15, 0.2) is 0 Å². The zero-order chi connectivity index (χ0) is 8.48. The minimum Gasteiger partial charge on any atom is -0.0654 e. The molecule has 0 aromatic heterocycles. The molecule has 0 saturated heterocycles. The lowest BCUT2D eigenvalue weighted by atomic mass is 9.52. The van der Waals surface area contributed by atoms with E-state index < -0.39 is 0 Å². The van der Waals surface area contributed by atoms with Crippen LogP contribution >= 0.6 is 0 Å². The number of hydrogen-bond donors (Lipinski definition) is 0. The first-order valence-corrected chi connectivity index (χ1v) is 5.16. The molecule has 0 amide bonds. The van der Waals surface area contributed by atoms with Crippen LogP contribution in [0.1, 0.15) is 53.4 Å². The van der Waals surface area contributed by atoms with Crippen molar-refractivity contribution >= 4 is 0 Å². The fourth-order valence-electron chi connectivity index (χ4n) is 2.92. The van der Waals surface area contributed by atoms with Crippen LogP contribution in [0.3, 0.4) is 0 Å². The Morgan fingerprint density at radius 1 is 1.27 bits per heavy atom. The van der Waals surface area contributed by atoms with Gasteiger partial charge in [0.1, 0.15) is 0 Å². The smallest absolute Gasteiger partial charge is 0.0269 e. The maximum Gasteiger partial charge on any atom is -0.0269 e. The lowest BCUT2D eigenvalue weighted by molar-refractivity contribution is -0.0329. The van der Waals surface area contributed by atoms with Crippen molar-refractivity contribution in [2.45, 2.75) is 53.4 Å². The van der Waals surface area contributed by atoms with Crippen molar-refractivity contribution in [1.29, 1.82) is 0 Å². The van der Waals surface area contributed by atoms with Crippen LogP contribution in [-0.2, 0) is 0 Å². The van der Waals surface area contributed by atoms with E-state index in [1.54, 1.807) is 0 Å². The Morgan fingerprint density at radius 3 is 2.18 bits per heavy atom. The average molecular weight is 154 g/mol. The predicted molar refractivity (Wildman–Crippen MR) is 50.6 cm³/mol. The van der Waals surface area contributed by atoms with E-state index >= 15 is 0 Å². The minimum absolute atomic E-state index is 0.744. The normalized spacial score (nSPS) is 43.6. The first-order chi connectivity index (χ1) is 5.16. The van der Waals surface area contributed by atoms with Crippen molar-refractivity contribution in [3.63, 3.8) is 0 Å². The van der Waals surface area contributed by atoms with Gasteiger partial charge < -0.3 is 0 Å². The van der Waals surface area contributed by atoms with Gasteiger partial charge >= 0.3 is 0 Å². The molecule has 0 spiro atoms. The van der Waals surface area contributed by atoms with Crippen molar-refractivity contribution in [3.8, 4) is 0 Å². The lowest BCUT2D eigenvalue weighted by Crippen LogP contribution is -2.44. The molecule has 1 aliphatic carbocycles. The highest BCUT2D eigenvalue weighted by Gasteiger charge is 2.46. The Labute approximate surface area is 71.4 Å². The summed E-state index contributed by atoms with van der Waals surface area (Å²) in [5, 5.41) is 0. The van der Waals surface area contributed by atoms with Gasteiger partial charge in [0.05, 0.1) is 0 Å².